The van der Waals surface area contributed by atoms with Crippen molar-refractivity contribution in [3.05, 3.63) is 261 Å². The van der Waals surface area contributed by atoms with Gasteiger partial charge in [-0.1, -0.05) is 112 Å². The van der Waals surface area contributed by atoms with E-state index in [0.29, 0.717) is 99.3 Å². The molecule has 0 radical (unpaired) electrons. The fourth-order valence-electron chi connectivity index (χ4n) is 14.0. The predicted octanol–water partition coefficient (Wildman–Crippen LogP) is 9.47. The minimum absolute atomic E-state index is 0. The van der Waals surface area contributed by atoms with Crippen LogP contribution >= 0.6 is 33.2 Å². The van der Waals surface area contributed by atoms with Crippen LogP contribution in [0.15, 0.2) is 176 Å². The first-order chi connectivity index (χ1) is 61.5. The van der Waals surface area contributed by atoms with E-state index in [9.17, 15) is 33.9 Å². The number of halogens is 1. The number of hydrogen-bond donors (Lipinski definition) is 7. The Hall–Kier alpha value is -11.8. The minimum Gasteiger partial charge on any atom is -0.495 e. The molecule has 2 saturated heterocycles. The van der Waals surface area contributed by atoms with E-state index in [2.05, 4.69) is 68.9 Å². The number of ether oxygens (including phenoxy) is 6. The van der Waals surface area contributed by atoms with Gasteiger partial charge in [0.2, 0.25) is 23.6 Å². The molecule has 8 heterocycles. The van der Waals surface area contributed by atoms with Crippen LogP contribution in [-0.2, 0) is 134 Å². The molecule has 7 N–H and O–H groups in total. The van der Waals surface area contributed by atoms with E-state index in [1.807, 2.05) is 110 Å². The number of aromatic nitrogens is 7. The summed E-state index contributed by atoms with van der Waals surface area (Å²) < 4.78 is 38.1. The number of carbonyl (C=O) groups excluding carboxylic acids is 6. The van der Waals surface area contributed by atoms with E-state index in [-0.39, 0.29) is 107 Å². The average molecular weight is 1980 g/mol. The van der Waals surface area contributed by atoms with Gasteiger partial charge < -0.3 is 74.4 Å². The van der Waals surface area contributed by atoms with E-state index in [4.69, 9.17) is 101 Å². The van der Waals surface area contributed by atoms with E-state index in [1.54, 1.807) is 79.5 Å². The molecular weight excluding hydrogens is 1880 g/mol. The number of fused-ring (bicyclic) bond motifs is 6. The van der Waals surface area contributed by atoms with Gasteiger partial charge in [0, 0.05) is 167 Å². The number of allylic oxidation sites excluding steroid dienone is 3. The third-order valence-electron chi connectivity index (χ3n) is 20.3. The summed E-state index contributed by atoms with van der Waals surface area (Å²) in [5.41, 5.74) is 6.01. The molecule has 3 aliphatic heterocycles. The number of amides is 5. The molecule has 8 atom stereocenters. The van der Waals surface area contributed by atoms with Crippen molar-refractivity contribution in [2.45, 2.75) is 160 Å². The number of para-hydroxylation sites is 1. The van der Waals surface area contributed by atoms with Gasteiger partial charge >= 0.3 is 12.1 Å². The standard InChI is InChI=1S/C83H99ClN14O13S2.4HNO3.2Zn/c1-56-22-21-29-72(107-8)83(105)47-71(109-81(104)90-83)57(2)79-82(4,111-79)73(46-77(102)94(6)69-44-59(40-56)45-70(106-7)78(69)84)110-80(103)58(3)93(5)75(100)30-38-112-113-39-31-76(101)97(54-74(99)89-55-98-68-28-10-9-27-67(68)91-92-98)36-19-20-37-108-66-42-60(48-95(50-62-23-11-15-32-85-62)51-63-24-12-16-33-86-63)41-61(43-66)49-96(52-64-25-13-17-34-87-64)53-65-26-14-18-35-88-65;4*2-1(3)4;;/h9-18,21-29,32-35,41-45,57-58,71-73,79,105H,19-20,30-31,36-40,46-55H2,1-8H3,(H,89,99)(H,90,104);4*(H,2,3,4);;/b29-21+,56-22+;;;;;;/t57-,58+,71+,72-,73+,79+,82-,83+;;;;;;/m1....../s1. The summed E-state index contributed by atoms with van der Waals surface area (Å²) in [7, 11) is 8.78. The molecule has 3 aromatic carbocycles. The summed E-state index contributed by atoms with van der Waals surface area (Å²) in [6, 6.07) is 40.0. The van der Waals surface area contributed by atoms with Crippen LogP contribution in [0.25, 0.3) is 11.0 Å². The number of epoxide rings is 1. The summed E-state index contributed by atoms with van der Waals surface area (Å²) in [6.45, 7) is 10.8. The number of methoxy groups -OCH3 is 2. The van der Waals surface area contributed by atoms with Crippen molar-refractivity contribution < 1.29 is 142 Å². The molecule has 698 valence electrons. The van der Waals surface area contributed by atoms with Gasteiger partial charge in [0.1, 0.15) is 58.7 Å². The maximum atomic E-state index is 14.6. The Morgan fingerprint density at radius 1 is 0.733 bits per heavy atom. The zero-order chi connectivity index (χ0) is 94.3. The van der Waals surface area contributed by atoms with Crippen molar-refractivity contribution in [3.8, 4) is 11.5 Å². The van der Waals surface area contributed by atoms with E-state index in [1.165, 1.54) is 59.6 Å². The normalized spacial score (nSPS) is 18.6. The number of benzene rings is 3. The summed E-state index contributed by atoms with van der Waals surface area (Å²) in [4.78, 5) is 145. The fourth-order valence-corrected chi connectivity index (χ4v) is 16.2. The molecule has 2 fully saturated rings. The number of anilines is 1. The topological polar surface area (TPSA) is 557 Å². The van der Waals surface area contributed by atoms with Gasteiger partial charge in [-0.05, 0) is 142 Å². The van der Waals surface area contributed by atoms with Gasteiger partial charge in [0.15, 0.2) is 5.72 Å². The number of nitrogens with one attached hydrogen (secondary N) is 2. The molecule has 5 aromatic heterocycles. The van der Waals surface area contributed by atoms with Crippen LogP contribution in [0.2, 0.25) is 5.02 Å². The Balaban J connectivity index is 0.00000156. The molecule has 3 aliphatic rings. The number of alkyl carbamates (subject to hydrolysis) is 1. The Kier molecular flexibility index (Phi) is 46.4. The number of aliphatic hydroxyl groups is 1. The predicted molar refractivity (Wildman–Crippen MR) is 466 cm³/mol. The van der Waals surface area contributed by atoms with Crippen LogP contribution < -0.4 is 25.0 Å². The molecule has 5 amide bonds. The van der Waals surface area contributed by atoms with Crippen LogP contribution in [0.4, 0.5) is 10.5 Å². The number of hydrogen-bond acceptors (Lipinski definition) is 31. The SMILES string of the molecule is COc1cc2cc(c1Cl)N(C)C(=O)C[C@H](OC(=O)[C@H](C)N(C)C(=O)CCSSCCC(=O)N(CCCCOc1cc(CN(Cc3ccccn3)Cc3ccccn3)cc(CN(Cc3ccccn3)Cc3ccccn3)c1)CC(=O)NCn1nnc3ccccc31)[C@@]1(C)O[C@H]1[C@H](C)[C@@H]1C[C@@](O)(NC(=O)O1)[C@H](OC)/C=C/C=C(\C)C2.O=[N+]([O-])O.O=[N+]([O-])O.O=[N+]([O-])O.O=[N+]([O-])O.[Zn].[Zn]. The fraction of sp³-hybridized carbons (Fsp3) is 0.422. The molecule has 43 nitrogen and oxygen atoms in total. The second-order valence-electron chi connectivity index (χ2n) is 29.8. The van der Waals surface area contributed by atoms with Crippen molar-refractivity contribution in [2.24, 2.45) is 5.92 Å². The third-order valence-corrected chi connectivity index (χ3v) is 23.1. The van der Waals surface area contributed by atoms with Gasteiger partial charge in [0.05, 0.1) is 66.8 Å². The molecular formula is C83H103ClN18O25S2Zn2. The monoisotopic (exact) mass is 1980 g/mol. The Morgan fingerprint density at radius 2 is 1.24 bits per heavy atom. The maximum Gasteiger partial charge on any atom is 0.409 e. The van der Waals surface area contributed by atoms with Gasteiger partial charge in [-0.3, -0.25) is 54.2 Å². The van der Waals surface area contributed by atoms with Crippen LogP contribution in [0.1, 0.15) is 106 Å². The summed E-state index contributed by atoms with van der Waals surface area (Å²) in [5, 5.41) is 80.6. The quantitative estimate of drug-likeness (QED) is 0.00375. The van der Waals surface area contributed by atoms with Crippen LogP contribution in [0, 0.1) is 46.4 Å². The first-order valence-corrected chi connectivity index (χ1v) is 42.9. The molecule has 4 bridgehead atoms. The smallest absolute Gasteiger partial charge is 0.409 e. The van der Waals surface area contributed by atoms with Crippen LogP contribution in [0.3, 0.4) is 0 Å². The van der Waals surface area contributed by atoms with E-state index >= 15 is 0 Å². The number of pyridine rings is 4. The number of esters is 1. The summed E-state index contributed by atoms with van der Waals surface area (Å²) in [6.07, 6.45) is 8.79. The number of carbonyl (C=O) groups is 6. The Morgan fingerprint density at radius 3 is 1.75 bits per heavy atom. The zero-order valence-electron chi connectivity index (χ0n) is 73.2. The van der Waals surface area contributed by atoms with Crippen molar-refractivity contribution in [2.75, 3.05) is 64.4 Å². The minimum atomic E-state index is -1.89. The summed E-state index contributed by atoms with van der Waals surface area (Å²) >= 11 is 6.91. The zero-order valence-corrected chi connectivity index (χ0v) is 81.6. The van der Waals surface area contributed by atoms with Crippen molar-refractivity contribution in [1.82, 2.24) is 65.2 Å². The molecule has 48 heteroatoms. The first-order valence-electron chi connectivity index (χ1n) is 40.0. The first kappa shape index (κ1) is 110. The van der Waals surface area contributed by atoms with Gasteiger partial charge in [0.25, 0.3) is 20.3 Å². The summed E-state index contributed by atoms with van der Waals surface area (Å²) in [5.74, 6) is -1.13. The Labute approximate surface area is 791 Å². The van der Waals surface area contributed by atoms with Crippen molar-refractivity contribution in [1.29, 1.82) is 0 Å². The largest absolute Gasteiger partial charge is 0.495 e. The second-order valence-corrected chi connectivity index (χ2v) is 32.8. The molecule has 11 rings (SSSR count). The van der Waals surface area contributed by atoms with Crippen LogP contribution in [-0.4, -0.2) is 238 Å². The van der Waals surface area contributed by atoms with Crippen molar-refractivity contribution >= 4 is 85.6 Å². The van der Waals surface area contributed by atoms with Gasteiger partial charge in [-0.15, -0.1) is 45.6 Å². The molecule has 0 aliphatic carbocycles. The van der Waals surface area contributed by atoms with Crippen LogP contribution in [0.5, 0.6) is 11.5 Å². The molecule has 8 aromatic rings. The number of rotatable bonds is 34. The Bertz CT molecular complexity index is 4850. The van der Waals surface area contributed by atoms with Gasteiger partial charge in [-0.25, -0.2) is 14.3 Å². The average Bonchev–Trinajstić information content (AvgIpc) is 1.57. The molecule has 0 saturated carbocycles. The third kappa shape index (κ3) is 37.2. The molecule has 0 unspecified atom stereocenters. The number of nitrogens with zero attached hydrogens (tertiary/aromatic N) is 16. The molecule has 131 heavy (non-hydrogen) atoms. The van der Waals surface area contributed by atoms with Gasteiger partial charge in [-0.2, -0.15) is 0 Å². The maximum absolute atomic E-state index is 14.6. The molecule has 0 spiro atoms. The van der Waals surface area contributed by atoms with E-state index in [0.717, 1.165) is 50.6 Å². The van der Waals surface area contributed by atoms with E-state index < -0.39 is 86.0 Å². The van der Waals surface area contributed by atoms with Crippen molar-refractivity contribution in [3.63, 3.8) is 0 Å². The number of unbranched alkanes of at least 4 members (excludes halogenated alkanes) is 1. The second kappa shape index (κ2) is 55.4. The number of likely N-dealkylation sites (N-methyl/N-ethyl adjacent to an activating group) is 1.